The first-order valence-electron chi connectivity index (χ1n) is 9.53. The van der Waals surface area contributed by atoms with E-state index in [0.717, 1.165) is 38.2 Å². The Labute approximate surface area is 183 Å². The molecule has 0 atom stereocenters. The van der Waals surface area contributed by atoms with Crippen LogP contribution in [-0.2, 0) is 6.54 Å². The summed E-state index contributed by atoms with van der Waals surface area (Å²) in [5.41, 5.74) is 5.24. The fourth-order valence-corrected chi connectivity index (χ4v) is 4.19. The number of para-hydroxylation sites is 2. The molecule has 5 nitrogen and oxygen atoms in total. The van der Waals surface area contributed by atoms with Gasteiger partial charge >= 0.3 is 0 Å². The molecule has 3 aromatic carbocycles. The first-order valence-corrected chi connectivity index (χ1v) is 10.7. The number of halogens is 1. The minimum atomic E-state index is 0.589. The van der Waals surface area contributed by atoms with Crippen LogP contribution in [0.5, 0.6) is 0 Å². The molecule has 7 heteroatoms. The summed E-state index contributed by atoms with van der Waals surface area (Å²) < 4.78 is 2.18. The molecule has 5 aromatic rings. The highest BCUT2D eigenvalue weighted by Crippen LogP contribution is 2.28. The second-order valence-electron chi connectivity index (χ2n) is 7.01. The molecule has 148 valence electrons. The van der Waals surface area contributed by atoms with Crippen LogP contribution in [0, 0.1) is 6.92 Å². The third-order valence-corrected chi connectivity index (χ3v) is 5.90. The molecule has 0 saturated heterocycles. The molecular weight excluding hydrogens is 414 g/mol. The smallest absolute Gasteiger partial charge is 0.210 e. The minimum absolute atomic E-state index is 0.589. The summed E-state index contributed by atoms with van der Waals surface area (Å²) >= 11 is 7.62. The quantitative estimate of drug-likeness (QED) is 0.354. The third-order valence-electron chi connectivity index (χ3n) is 4.82. The van der Waals surface area contributed by atoms with Gasteiger partial charge in [-0.25, -0.2) is 4.98 Å². The summed E-state index contributed by atoms with van der Waals surface area (Å²) in [6, 6.07) is 24.1. The number of hydrogen-bond donors (Lipinski definition) is 1. The topological polar surface area (TPSA) is 55.6 Å². The summed E-state index contributed by atoms with van der Waals surface area (Å²) in [5.74, 6) is 0.885. The maximum atomic E-state index is 6.07. The van der Waals surface area contributed by atoms with Gasteiger partial charge in [0.15, 0.2) is 0 Å². The molecule has 0 aliphatic heterocycles. The van der Waals surface area contributed by atoms with Crippen LogP contribution in [0.2, 0.25) is 5.02 Å². The van der Waals surface area contributed by atoms with E-state index in [4.69, 9.17) is 16.6 Å². The van der Waals surface area contributed by atoms with E-state index in [9.17, 15) is 0 Å². The van der Waals surface area contributed by atoms with Crippen LogP contribution >= 0.6 is 22.9 Å². The van der Waals surface area contributed by atoms with E-state index in [1.54, 1.807) is 11.3 Å². The first kappa shape index (κ1) is 18.8. The fourth-order valence-electron chi connectivity index (χ4n) is 3.32. The lowest BCUT2D eigenvalue weighted by atomic mass is 10.2. The van der Waals surface area contributed by atoms with Gasteiger partial charge in [-0.1, -0.05) is 52.8 Å². The Kier molecular flexibility index (Phi) is 4.94. The highest BCUT2D eigenvalue weighted by molar-refractivity contribution is 7.15. The van der Waals surface area contributed by atoms with Gasteiger partial charge in [0.25, 0.3) is 0 Å². The van der Waals surface area contributed by atoms with Crippen molar-refractivity contribution in [1.29, 1.82) is 0 Å². The summed E-state index contributed by atoms with van der Waals surface area (Å²) in [5, 5.41) is 14.4. The number of rotatable bonds is 5. The van der Waals surface area contributed by atoms with Crippen LogP contribution < -0.4 is 5.32 Å². The van der Waals surface area contributed by atoms with Crippen LogP contribution in [0.3, 0.4) is 0 Å². The van der Waals surface area contributed by atoms with Crippen molar-refractivity contribution in [2.75, 3.05) is 5.32 Å². The highest BCUT2D eigenvalue weighted by Gasteiger charge is 2.15. The Morgan fingerprint density at radius 1 is 0.933 bits per heavy atom. The molecule has 1 N–H and O–H groups in total. The number of aryl methyl sites for hydroxylation is 1. The molecule has 5 rings (SSSR count). The van der Waals surface area contributed by atoms with Crippen molar-refractivity contribution in [1.82, 2.24) is 19.7 Å². The first-order chi connectivity index (χ1) is 14.7. The Morgan fingerprint density at radius 3 is 2.50 bits per heavy atom. The van der Waals surface area contributed by atoms with Crippen molar-refractivity contribution in [2.45, 2.75) is 13.5 Å². The maximum absolute atomic E-state index is 6.07. The molecule has 0 bridgehead atoms. The Balaban J connectivity index is 1.48. The molecule has 2 heterocycles. The van der Waals surface area contributed by atoms with Crippen LogP contribution in [0.1, 0.15) is 10.6 Å². The predicted molar refractivity (Wildman–Crippen MR) is 124 cm³/mol. The van der Waals surface area contributed by atoms with Crippen molar-refractivity contribution < 1.29 is 0 Å². The number of nitrogens with one attached hydrogen (secondary N) is 1. The molecule has 2 aromatic heterocycles. The lowest BCUT2D eigenvalue weighted by Crippen LogP contribution is -2.02. The normalized spacial score (nSPS) is 11.1. The lowest BCUT2D eigenvalue weighted by Gasteiger charge is -2.07. The monoisotopic (exact) mass is 431 g/mol. The number of benzene rings is 3. The van der Waals surface area contributed by atoms with E-state index in [1.165, 1.54) is 5.56 Å². The molecule has 0 saturated carbocycles. The zero-order valence-electron chi connectivity index (χ0n) is 16.2. The summed E-state index contributed by atoms with van der Waals surface area (Å²) in [4.78, 5) is 4.85. The van der Waals surface area contributed by atoms with E-state index in [0.29, 0.717) is 11.6 Å². The minimum Gasteiger partial charge on any atom is -0.330 e. The molecule has 0 fully saturated rings. The van der Waals surface area contributed by atoms with E-state index in [2.05, 4.69) is 45.2 Å². The van der Waals surface area contributed by atoms with Gasteiger partial charge in [-0.2, -0.15) is 0 Å². The van der Waals surface area contributed by atoms with E-state index in [-0.39, 0.29) is 0 Å². The Hall–Kier alpha value is -3.22. The van der Waals surface area contributed by atoms with Crippen molar-refractivity contribution >= 4 is 44.8 Å². The average Bonchev–Trinajstić information content (AvgIpc) is 3.35. The average molecular weight is 432 g/mol. The molecule has 30 heavy (non-hydrogen) atoms. The Morgan fingerprint density at radius 2 is 1.70 bits per heavy atom. The summed E-state index contributed by atoms with van der Waals surface area (Å²) in [6.07, 6.45) is 0. The van der Waals surface area contributed by atoms with Crippen LogP contribution in [-0.4, -0.2) is 19.7 Å². The van der Waals surface area contributed by atoms with Gasteiger partial charge in [-0.15, -0.1) is 10.2 Å². The van der Waals surface area contributed by atoms with Gasteiger partial charge in [0.05, 0.1) is 17.6 Å². The van der Waals surface area contributed by atoms with Crippen molar-refractivity contribution in [3.63, 3.8) is 0 Å². The third kappa shape index (κ3) is 3.79. The Bertz CT molecular complexity index is 1310. The molecule has 0 radical (unpaired) electrons. The fraction of sp³-hybridized carbons (Fsp3) is 0.0870. The second kappa shape index (κ2) is 7.89. The predicted octanol–water partition coefficient (Wildman–Crippen LogP) is 6.31. The SMILES string of the molecule is Cc1ccc(Nc2nnc(Cn3c(-c4ccc(Cl)cc4)nc4ccccc43)s2)cc1. The standard InChI is InChI=1S/C23H18ClN5S/c1-15-6-12-18(13-7-15)25-23-28-27-21(30-23)14-29-20-5-3-2-4-19(20)26-22(29)16-8-10-17(24)11-9-16/h2-13H,14H2,1H3,(H,25,28). The second-order valence-corrected chi connectivity index (χ2v) is 8.51. The van der Waals surface area contributed by atoms with E-state index >= 15 is 0 Å². The van der Waals surface area contributed by atoms with Gasteiger partial charge in [-0.3, -0.25) is 0 Å². The molecule has 0 unspecified atom stereocenters. The van der Waals surface area contributed by atoms with Crippen molar-refractivity contribution in [3.05, 3.63) is 88.4 Å². The highest BCUT2D eigenvalue weighted by atomic mass is 35.5. The van der Waals surface area contributed by atoms with Gasteiger partial charge in [0, 0.05) is 16.3 Å². The van der Waals surface area contributed by atoms with Crippen LogP contribution in [0.25, 0.3) is 22.4 Å². The van der Waals surface area contributed by atoms with Gasteiger partial charge < -0.3 is 9.88 Å². The van der Waals surface area contributed by atoms with Gasteiger partial charge in [-0.05, 0) is 55.5 Å². The molecule has 0 spiro atoms. The van der Waals surface area contributed by atoms with Crippen LogP contribution in [0.4, 0.5) is 10.8 Å². The number of hydrogen-bond acceptors (Lipinski definition) is 5. The number of imidazole rings is 1. The van der Waals surface area contributed by atoms with Crippen molar-refractivity contribution in [3.8, 4) is 11.4 Å². The largest absolute Gasteiger partial charge is 0.330 e. The zero-order valence-corrected chi connectivity index (χ0v) is 17.8. The maximum Gasteiger partial charge on any atom is 0.210 e. The summed E-state index contributed by atoms with van der Waals surface area (Å²) in [7, 11) is 0. The lowest BCUT2D eigenvalue weighted by molar-refractivity contribution is 0.809. The zero-order chi connectivity index (χ0) is 20.5. The van der Waals surface area contributed by atoms with E-state index < -0.39 is 0 Å². The van der Waals surface area contributed by atoms with Crippen molar-refractivity contribution in [2.24, 2.45) is 0 Å². The summed E-state index contributed by atoms with van der Waals surface area (Å²) in [6.45, 7) is 2.66. The number of anilines is 2. The van der Waals surface area contributed by atoms with Crippen LogP contribution in [0.15, 0.2) is 72.8 Å². The van der Waals surface area contributed by atoms with Gasteiger partial charge in [0.2, 0.25) is 5.13 Å². The van der Waals surface area contributed by atoms with Gasteiger partial charge in [0.1, 0.15) is 10.8 Å². The number of nitrogens with zero attached hydrogens (tertiary/aromatic N) is 4. The number of aromatic nitrogens is 4. The van der Waals surface area contributed by atoms with E-state index in [1.807, 2.05) is 54.6 Å². The molecule has 0 aliphatic rings. The molecular formula is C23H18ClN5S. The molecule has 0 aliphatic carbocycles. The molecule has 0 amide bonds. The number of fused-ring (bicyclic) bond motifs is 1.